The van der Waals surface area contributed by atoms with E-state index in [9.17, 15) is 0 Å². The molecule has 0 unspecified atom stereocenters. The van der Waals surface area contributed by atoms with Gasteiger partial charge < -0.3 is 5.32 Å². The van der Waals surface area contributed by atoms with E-state index in [0.717, 1.165) is 0 Å². The van der Waals surface area contributed by atoms with Crippen molar-refractivity contribution in [3.63, 3.8) is 0 Å². The second-order valence-corrected chi connectivity index (χ2v) is 2.72. The first-order valence-electron chi connectivity index (χ1n) is 2.72. The molecule has 44 valence electrons. The molecule has 0 atom stereocenters. The van der Waals surface area contributed by atoms with Crippen molar-refractivity contribution in [1.82, 2.24) is 5.32 Å². The zero-order valence-corrected chi connectivity index (χ0v) is 5.53. The molecule has 0 aromatic carbocycles. The molecule has 0 saturated heterocycles. The maximum Gasteiger partial charge on any atom is 0.134 e. The Morgan fingerprint density at radius 3 is 3.44 bits per heavy atom. The summed E-state index contributed by atoms with van der Waals surface area (Å²) in [5.41, 5.74) is 1.26. The van der Waals surface area contributed by atoms with Crippen molar-refractivity contribution in [2.45, 2.75) is 0 Å². The van der Waals surface area contributed by atoms with E-state index in [4.69, 9.17) is 0 Å². The highest BCUT2D eigenvalue weighted by Crippen LogP contribution is 2.20. The molecule has 0 aliphatic carbocycles. The topological polar surface area (TPSA) is 12.0 Å². The van der Waals surface area contributed by atoms with Crippen LogP contribution in [-0.2, 0) is 0 Å². The highest BCUT2D eigenvalue weighted by atomic mass is 32.1. The van der Waals surface area contributed by atoms with Crippen LogP contribution in [0.25, 0.3) is 6.08 Å². The summed E-state index contributed by atoms with van der Waals surface area (Å²) in [6.07, 6.45) is 3.93. The first-order valence-corrected chi connectivity index (χ1v) is 3.60. The van der Waals surface area contributed by atoms with Gasteiger partial charge >= 0.3 is 0 Å². The summed E-state index contributed by atoms with van der Waals surface area (Å²) < 4.78 is 0. The minimum absolute atomic E-state index is 1.19. The SMILES string of the molecule is [C]1NC=Cc2ccsc21. The lowest BCUT2D eigenvalue weighted by molar-refractivity contribution is 1.09. The number of nitrogens with one attached hydrogen (secondary N) is 1. The van der Waals surface area contributed by atoms with E-state index in [0.29, 0.717) is 0 Å². The monoisotopic (exact) mass is 135 g/mol. The highest BCUT2D eigenvalue weighted by molar-refractivity contribution is 7.10. The zero-order valence-electron chi connectivity index (χ0n) is 4.72. The minimum atomic E-state index is 1.19. The average Bonchev–Trinajstić information content (AvgIpc) is 2.33. The van der Waals surface area contributed by atoms with Crippen molar-refractivity contribution < 1.29 is 0 Å². The molecule has 0 spiro atoms. The van der Waals surface area contributed by atoms with Gasteiger partial charge in [0.15, 0.2) is 0 Å². The minimum Gasteiger partial charge on any atom is -0.376 e. The molecule has 2 radical (unpaired) electrons. The number of hydrogen-bond donors (Lipinski definition) is 1. The van der Waals surface area contributed by atoms with Crippen LogP contribution in [0.2, 0.25) is 0 Å². The third kappa shape index (κ3) is 0.754. The third-order valence-electron chi connectivity index (χ3n) is 1.23. The van der Waals surface area contributed by atoms with E-state index < -0.39 is 0 Å². The van der Waals surface area contributed by atoms with Crippen LogP contribution < -0.4 is 5.32 Å². The highest BCUT2D eigenvalue weighted by Gasteiger charge is 2.03. The molecule has 2 rings (SSSR count). The summed E-state index contributed by atoms with van der Waals surface area (Å²) in [6, 6.07) is 2.09. The van der Waals surface area contributed by atoms with Crippen molar-refractivity contribution in [2.75, 3.05) is 0 Å². The molecule has 0 saturated carbocycles. The predicted molar refractivity (Wildman–Crippen MR) is 38.8 cm³/mol. The molecular weight excluding hydrogens is 130 g/mol. The fourth-order valence-electron chi connectivity index (χ4n) is 0.791. The van der Waals surface area contributed by atoms with Crippen molar-refractivity contribution >= 4 is 17.4 Å². The van der Waals surface area contributed by atoms with E-state index in [1.807, 2.05) is 12.3 Å². The van der Waals surface area contributed by atoms with E-state index in [1.54, 1.807) is 11.3 Å². The van der Waals surface area contributed by atoms with Gasteiger partial charge in [-0.3, -0.25) is 0 Å². The Hall–Kier alpha value is -0.760. The predicted octanol–water partition coefficient (Wildman–Crippen LogP) is 1.71. The first kappa shape index (κ1) is 5.06. The number of hydrogen-bond acceptors (Lipinski definition) is 2. The lowest BCUT2D eigenvalue weighted by atomic mass is 10.2. The van der Waals surface area contributed by atoms with Crippen LogP contribution in [0.3, 0.4) is 0 Å². The summed E-state index contributed by atoms with van der Waals surface area (Å²) in [4.78, 5) is 1.19. The molecule has 9 heavy (non-hydrogen) atoms. The maximum absolute atomic E-state index is 3.02. The van der Waals surface area contributed by atoms with Crippen molar-refractivity contribution in [2.24, 2.45) is 0 Å². The molecule has 1 aliphatic heterocycles. The van der Waals surface area contributed by atoms with Gasteiger partial charge in [-0.15, -0.1) is 11.3 Å². The Balaban J connectivity index is 2.53. The fraction of sp³-hybridized carbons (Fsp3) is 0. The summed E-state index contributed by atoms with van der Waals surface area (Å²) in [5, 5.41) is 4.97. The normalized spacial score (nSPS) is 14.7. The number of fused-ring (bicyclic) bond motifs is 1. The Morgan fingerprint density at radius 1 is 1.56 bits per heavy atom. The van der Waals surface area contributed by atoms with Crippen LogP contribution in [0.1, 0.15) is 10.4 Å². The molecule has 1 aromatic heterocycles. The summed E-state index contributed by atoms with van der Waals surface area (Å²) >= 11 is 1.70. The van der Waals surface area contributed by atoms with Gasteiger partial charge in [-0.25, -0.2) is 0 Å². The van der Waals surface area contributed by atoms with Crippen LogP contribution in [0.15, 0.2) is 17.6 Å². The van der Waals surface area contributed by atoms with E-state index in [2.05, 4.69) is 23.3 Å². The lowest BCUT2D eigenvalue weighted by Gasteiger charge is -2.02. The second kappa shape index (κ2) is 1.88. The van der Waals surface area contributed by atoms with Gasteiger partial charge in [0.2, 0.25) is 0 Å². The van der Waals surface area contributed by atoms with Crippen LogP contribution >= 0.6 is 11.3 Å². The van der Waals surface area contributed by atoms with Crippen molar-refractivity contribution in [3.05, 3.63) is 34.6 Å². The molecule has 0 amide bonds. The van der Waals surface area contributed by atoms with Gasteiger partial charge in [0.05, 0.1) is 0 Å². The first-order chi connectivity index (χ1) is 4.47. The molecular formula is C7H5NS. The number of rotatable bonds is 0. The Kier molecular flexibility index (Phi) is 1.06. The molecule has 1 aliphatic rings. The summed E-state index contributed by atoms with van der Waals surface area (Å²) in [5.74, 6) is 0. The number of thiophene rings is 1. The van der Waals surface area contributed by atoms with Crippen LogP contribution in [0.4, 0.5) is 0 Å². The van der Waals surface area contributed by atoms with Crippen LogP contribution in [0.5, 0.6) is 0 Å². The molecule has 1 aromatic rings. The summed E-state index contributed by atoms with van der Waals surface area (Å²) in [7, 11) is 0. The Bertz CT molecular complexity index is 237. The molecule has 1 nitrogen and oxygen atoms in total. The van der Waals surface area contributed by atoms with E-state index in [-0.39, 0.29) is 0 Å². The molecule has 0 fully saturated rings. The Morgan fingerprint density at radius 2 is 2.56 bits per heavy atom. The van der Waals surface area contributed by atoms with Crippen LogP contribution in [0, 0.1) is 6.54 Å². The largest absolute Gasteiger partial charge is 0.376 e. The summed E-state index contributed by atoms with van der Waals surface area (Å²) in [6.45, 7) is 3.02. The van der Waals surface area contributed by atoms with Gasteiger partial charge in [-0.2, -0.15) is 0 Å². The molecule has 2 heterocycles. The molecule has 2 heteroatoms. The quantitative estimate of drug-likeness (QED) is 0.571. The third-order valence-corrected chi connectivity index (χ3v) is 2.07. The van der Waals surface area contributed by atoms with Crippen LogP contribution in [-0.4, -0.2) is 0 Å². The van der Waals surface area contributed by atoms with Gasteiger partial charge in [-0.05, 0) is 29.3 Å². The van der Waals surface area contributed by atoms with Crippen molar-refractivity contribution in [3.8, 4) is 0 Å². The fourth-order valence-corrected chi connectivity index (χ4v) is 1.53. The zero-order chi connectivity index (χ0) is 6.10. The van der Waals surface area contributed by atoms with Crippen molar-refractivity contribution in [1.29, 1.82) is 0 Å². The van der Waals surface area contributed by atoms with Gasteiger partial charge in [0.25, 0.3) is 0 Å². The smallest absolute Gasteiger partial charge is 0.134 e. The Labute approximate surface area is 58.0 Å². The molecule has 0 bridgehead atoms. The maximum atomic E-state index is 3.02. The second-order valence-electron chi connectivity index (χ2n) is 1.81. The standard InChI is InChI=1S/C7H5NS/c1-3-8-5-7-6(1)2-4-9-7/h1-4,8H. The lowest BCUT2D eigenvalue weighted by Crippen LogP contribution is -2.03. The van der Waals surface area contributed by atoms with E-state index in [1.165, 1.54) is 10.4 Å². The molecule has 1 N–H and O–H groups in total. The average molecular weight is 135 g/mol. The van der Waals surface area contributed by atoms with Gasteiger partial charge in [-0.1, -0.05) is 0 Å². The van der Waals surface area contributed by atoms with E-state index >= 15 is 0 Å². The van der Waals surface area contributed by atoms with Gasteiger partial charge in [0, 0.05) is 4.88 Å². The van der Waals surface area contributed by atoms with Gasteiger partial charge in [0.1, 0.15) is 6.54 Å².